The number of carbonyl (C=O) groups excluding carboxylic acids is 1. The fourth-order valence-corrected chi connectivity index (χ4v) is 4.03. The Balaban J connectivity index is 1.69. The summed E-state index contributed by atoms with van der Waals surface area (Å²) in [6.07, 6.45) is 1.42. The number of nitrogens with zero attached hydrogens (tertiary/aromatic N) is 3. The molecule has 0 aliphatic carbocycles. The maximum absolute atomic E-state index is 12.4. The number of thioether (sulfide) groups is 1. The number of aromatic nitrogens is 3. The molecule has 0 aliphatic rings. The zero-order chi connectivity index (χ0) is 22.4. The predicted molar refractivity (Wildman–Crippen MR) is 126 cm³/mol. The zero-order valence-corrected chi connectivity index (χ0v) is 19.3. The van der Waals surface area contributed by atoms with Crippen LogP contribution in [0.4, 0.5) is 5.69 Å². The van der Waals surface area contributed by atoms with E-state index < -0.39 is 0 Å². The molecule has 0 aliphatic heterocycles. The lowest BCUT2D eigenvalue weighted by Crippen LogP contribution is -2.15. The van der Waals surface area contributed by atoms with Crippen molar-refractivity contribution in [3.63, 3.8) is 0 Å². The first kappa shape index (κ1) is 22.9. The van der Waals surface area contributed by atoms with E-state index in [0.29, 0.717) is 22.5 Å². The molecule has 6 nitrogen and oxygen atoms in total. The number of aryl methyl sites for hydroxylation is 2. The monoisotopic (exact) mass is 456 g/mol. The summed E-state index contributed by atoms with van der Waals surface area (Å²) in [6, 6.07) is 13.2. The third-order valence-corrected chi connectivity index (χ3v) is 5.70. The van der Waals surface area contributed by atoms with Crippen LogP contribution in [0, 0.1) is 13.8 Å². The normalized spacial score (nSPS) is 11.7. The molecule has 8 heteroatoms. The van der Waals surface area contributed by atoms with Crippen molar-refractivity contribution in [3.8, 4) is 5.75 Å². The molecular weight excluding hydrogens is 432 g/mol. The number of ether oxygens (including phenoxy) is 1. The van der Waals surface area contributed by atoms with Gasteiger partial charge in [-0.2, -0.15) is 0 Å². The fourth-order valence-electron chi connectivity index (χ4n) is 3.05. The molecule has 3 rings (SSSR count). The lowest BCUT2D eigenvalue weighted by molar-refractivity contribution is -0.113. The van der Waals surface area contributed by atoms with Gasteiger partial charge in [-0.3, -0.25) is 9.36 Å². The predicted octanol–water partition coefficient (Wildman–Crippen LogP) is 5.61. The molecule has 0 fully saturated rings. The Morgan fingerprint density at radius 3 is 2.81 bits per heavy atom. The smallest absolute Gasteiger partial charge is 0.234 e. The fraction of sp³-hybridized carbons (Fsp3) is 0.261. The zero-order valence-electron chi connectivity index (χ0n) is 17.8. The number of amides is 1. The highest BCUT2D eigenvalue weighted by atomic mass is 35.5. The van der Waals surface area contributed by atoms with Gasteiger partial charge in [0, 0.05) is 17.3 Å². The van der Waals surface area contributed by atoms with Gasteiger partial charge in [0.05, 0.1) is 5.75 Å². The maximum atomic E-state index is 12.4. The first-order valence-corrected chi connectivity index (χ1v) is 11.2. The van der Waals surface area contributed by atoms with Gasteiger partial charge in [-0.05, 0) is 62.2 Å². The minimum absolute atomic E-state index is 0.105. The van der Waals surface area contributed by atoms with Crippen molar-refractivity contribution in [3.05, 3.63) is 77.1 Å². The van der Waals surface area contributed by atoms with E-state index in [0.717, 1.165) is 22.6 Å². The largest absolute Gasteiger partial charge is 0.482 e. The van der Waals surface area contributed by atoms with Crippen LogP contribution in [0.25, 0.3) is 0 Å². The number of nitrogens with one attached hydrogen (secondary N) is 1. The Morgan fingerprint density at radius 2 is 2.10 bits per heavy atom. The molecule has 2 aromatic carbocycles. The third kappa shape index (κ3) is 6.12. The second-order valence-corrected chi connectivity index (χ2v) is 8.50. The van der Waals surface area contributed by atoms with Crippen molar-refractivity contribution in [2.24, 2.45) is 0 Å². The van der Waals surface area contributed by atoms with Gasteiger partial charge in [-0.25, -0.2) is 0 Å². The van der Waals surface area contributed by atoms with Gasteiger partial charge in [-0.1, -0.05) is 41.6 Å². The molecule has 0 saturated carbocycles. The van der Waals surface area contributed by atoms with E-state index in [-0.39, 0.29) is 17.8 Å². The maximum Gasteiger partial charge on any atom is 0.234 e. The van der Waals surface area contributed by atoms with Crippen LogP contribution in [-0.4, -0.2) is 26.4 Å². The Hall–Kier alpha value is -2.77. The first-order valence-electron chi connectivity index (χ1n) is 9.83. The molecule has 3 aromatic rings. The van der Waals surface area contributed by atoms with E-state index in [2.05, 4.69) is 22.1 Å². The molecule has 31 heavy (non-hydrogen) atoms. The van der Waals surface area contributed by atoms with Crippen molar-refractivity contribution in [2.45, 2.75) is 38.6 Å². The number of benzene rings is 2. The Bertz CT molecular complexity index is 1080. The van der Waals surface area contributed by atoms with E-state index in [1.807, 2.05) is 61.7 Å². The summed E-state index contributed by atoms with van der Waals surface area (Å²) in [5.74, 6) is 1.51. The van der Waals surface area contributed by atoms with Gasteiger partial charge in [0.2, 0.25) is 5.91 Å². The summed E-state index contributed by atoms with van der Waals surface area (Å²) in [4.78, 5) is 12.4. The summed E-state index contributed by atoms with van der Waals surface area (Å²) in [7, 11) is 0. The van der Waals surface area contributed by atoms with E-state index in [4.69, 9.17) is 16.3 Å². The standard InChI is InChI=1S/C23H25ClN4O2S/c1-5-11-28-22(17(4)30-20-10-9-18(24)13-16(20)3)26-27-23(28)31-14-21(29)25-19-8-6-7-15(2)12-19/h5-10,12-13,17H,1,11,14H2,2-4H3,(H,25,29). The van der Waals surface area contributed by atoms with E-state index in [9.17, 15) is 4.79 Å². The molecule has 0 radical (unpaired) electrons. The van der Waals surface area contributed by atoms with Crippen LogP contribution in [-0.2, 0) is 11.3 Å². The van der Waals surface area contributed by atoms with Gasteiger partial charge in [0.15, 0.2) is 17.1 Å². The van der Waals surface area contributed by atoms with Crippen LogP contribution < -0.4 is 10.1 Å². The number of rotatable bonds is 9. The Kier molecular flexibility index (Phi) is 7.76. The number of hydrogen-bond donors (Lipinski definition) is 1. The van der Waals surface area contributed by atoms with Crippen LogP contribution in [0.15, 0.2) is 60.3 Å². The van der Waals surface area contributed by atoms with Crippen molar-refractivity contribution < 1.29 is 9.53 Å². The van der Waals surface area contributed by atoms with Crippen molar-refractivity contribution >= 4 is 35.0 Å². The molecule has 0 saturated heterocycles. The molecule has 1 atom stereocenters. The number of halogens is 1. The third-order valence-electron chi connectivity index (χ3n) is 4.50. The molecule has 1 unspecified atom stereocenters. The molecule has 0 bridgehead atoms. The van der Waals surface area contributed by atoms with E-state index >= 15 is 0 Å². The van der Waals surface area contributed by atoms with E-state index in [1.54, 1.807) is 12.1 Å². The lowest BCUT2D eigenvalue weighted by Gasteiger charge is -2.17. The van der Waals surface area contributed by atoms with Crippen molar-refractivity contribution in [1.29, 1.82) is 0 Å². The molecular formula is C23H25ClN4O2S. The SMILES string of the molecule is C=CCn1c(SCC(=O)Nc2cccc(C)c2)nnc1C(C)Oc1ccc(Cl)cc1C. The first-order chi connectivity index (χ1) is 14.9. The van der Waals surface area contributed by atoms with Crippen molar-refractivity contribution in [2.75, 3.05) is 11.1 Å². The summed E-state index contributed by atoms with van der Waals surface area (Å²) in [5.41, 5.74) is 2.81. The molecule has 1 amide bonds. The highest BCUT2D eigenvalue weighted by molar-refractivity contribution is 7.99. The molecule has 1 heterocycles. The van der Waals surface area contributed by atoms with Crippen LogP contribution in [0.2, 0.25) is 5.02 Å². The highest BCUT2D eigenvalue weighted by Crippen LogP contribution is 2.28. The van der Waals surface area contributed by atoms with Crippen molar-refractivity contribution in [1.82, 2.24) is 14.8 Å². The summed E-state index contributed by atoms with van der Waals surface area (Å²) in [5, 5.41) is 12.8. The van der Waals surface area contributed by atoms with Crippen LogP contribution in [0.1, 0.15) is 30.0 Å². The average molecular weight is 457 g/mol. The Morgan fingerprint density at radius 1 is 1.29 bits per heavy atom. The van der Waals surface area contributed by atoms with Gasteiger partial charge < -0.3 is 10.1 Å². The second-order valence-electron chi connectivity index (χ2n) is 7.12. The van der Waals surface area contributed by atoms with Crippen LogP contribution in [0.5, 0.6) is 5.75 Å². The molecule has 0 spiro atoms. The summed E-state index contributed by atoms with van der Waals surface area (Å²) < 4.78 is 8.01. The summed E-state index contributed by atoms with van der Waals surface area (Å²) >= 11 is 7.36. The summed E-state index contributed by atoms with van der Waals surface area (Å²) in [6.45, 7) is 10.2. The van der Waals surface area contributed by atoms with Crippen LogP contribution >= 0.6 is 23.4 Å². The minimum Gasteiger partial charge on any atom is -0.482 e. The van der Waals surface area contributed by atoms with Crippen LogP contribution in [0.3, 0.4) is 0 Å². The average Bonchev–Trinajstić information content (AvgIpc) is 3.11. The molecule has 1 N–H and O–H groups in total. The quantitative estimate of drug-likeness (QED) is 0.335. The van der Waals surface area contributed by atoms with Gasteiger partial charge >= 0.3 is 0 Å². The second kappa shape index (κ2) is 10.5. The number of hydrogen-bond acceptors (Lipinski definition) is 5. The van der Waals surface area contributed by atoms with Gasteiger partial charge in [0.1, 0.15) is 5.75 Å². The highest BCUT2D eigenvalue weighted by Gasteiger charge is 2.20. The topological polar surface area (TPSA) is 69.0 Å². The van der Waals surface area contributed by atoms with Gasteiger partial charge in [-0.15, -0.1) is 16.8 Å². The minimum atomic E-state index is -0.345. The van der Waals surface area contributed by atoms with E-state index in [1.165, 1.54) is 11.8 Å². The van der Waals surface area contributed by atoms with Gasteiger partial charge in [0.25, 0.3) is 0 Å². The number of carbonyl (C=O) groups is 1. The lowest BCUT2D eigenvalue weighted by atomic mass is 10.2. The molecule has 162 valence electrons. The Labute approximate surface area is 191 Å². The molecule has 1 aromatic heterocycles. The number of allylic oxidation sites excluding steroid dienone is 1. The number of anilines is 1.